The molecule has 28 heavy (non-hydrogen) atoms. The number of carbonyl (C=O) groups is 2. The molecule has 2 aliphatic heterocycles. The van der Waals surface area contributed by atoms with Gasteiger partial charge in [0.2, 0.25) is 5.91 Å². The molecule has 4 rings (SSSR count). The number of aliphatic imine (C=N–C) groups is 1. The van der Waals surface area contributed by atoms with Gasteiger partial charge in [0, 0.05) is 12.6 Å². The van der Waals surface area contributed by atoms with Crippen LogP contribution in [0.25, 0.3) is 5.69 Å². The molecule has 146 valence electrons. The highest BCUT2D eigenvalue weighted by Gasteiger charge is 2.41. The summed E-state index contributed by atoms with van der Waals surface area (Å²) >= 11 is 0. The zero-order valence-electron chi connectivity index (χ0n) is 16.0. The second kappa shape index (κ2) is 6.99. The lowest BCUT2D eigenvalue weighted by Gasteiger charge is -2.33. The highest BCUT2D eigenvalue weighted by atomic mass is 16.5. The Kier molecular flexibility index (Phi) is 4.50. The van der Waals surface area contributed by atoms with Crippen molar-refractivity contribution in [2.45, 2.75) is 19.9 Å². The number of nitrogens with zero attached hydrogens (tertiary/aromatic N) is 5. The van der Waals surface area contributed by atoms with Crippen molar-refractivity contribution in [2.75, 3.05) is 31.6 Å². The van der Waals surface area contributed by atoms with Crippen LogP contribution in [0.4, 0.5) is 10.6 Å². The fourth-order valence-electron chi connectivity index (χ4n) is 3.43. The number of anilines is 1. The number of rotatable bonds is 5. The molecule has 2 aliphatic rings. The number of carbonyl (C=O) groups excluding carboxylic acids is 2. The van der Waals surface area contributed by atoms with E-state index in [0.29, 0.717) is 24.7 Å². The Balaban J connectivity index is 1.78. The van der Waals surface area contributed by atoms with Crippen molar-refractivity contribution >= 4 is 23.6 Å². The van der Waals surface area contributed by atoms with E-state index in [-0.39, 0.29) is 24.5 Å². The molecule has 1 aromatic carbocycles. The maximum absolute atomic E-state index is 13.1. The minimum absolute atomic E-state index is 0.0118. The zero-order valence-corrected chi connectivity index (χ0v) is 16.0. The van der Waals surface area contributed by atoms with Gasteiger partial charge in [-0.15, -0.1) is 0 Å². The number of amides is 3. The van der Waals surface area contributed by atoms with Crippen LogP contribution in [0.3, 0.4) is 0 Å². The molecular formula is C19H22N6O3. The first kappa shape index (κ1) is 18.0. The summed E-state index contributed by atoms with van der Waals surface area (Å²) in [5.74, 6) is 1.66. The third-order valence-electron chi connectivity index (χ3n) is 4.61. The van der Waals surface area contributed by atoms with Crippen LogP contribution in [0.1, 0.15) is 19.4 Å². The maximum atomic E-state index is 13.1. The van der Waals surface area contributed by atoms with Crippen LogP contribution in [-0.2, 0) is 4.79 Å². The van der Waals surface area contributed by atoms with Crippen molar-refractivity contribution in [3.8, 4) is 11.4 Å². The molecule has 3 heterocycles. The number of hydrogen-bond donors (Lipinski definition) is 1. The third kappa shape index (κ3) is 2.98. The Hall–Kier alpha value is -3.36. The van der Waals surface area contributed by atoms with Crippen molar-refractivity contribution in [1.29, 1.82) is 0 Å². The number of methoxy groups -OCH3 is 1. The molecule has 1 aromatic heterocycles. The topological polar surface area (TPSA) is 92.1 Å². The number of aromatic nitrogens is 2. The second-order valence-electron chi connectivity index (χ2n) is 6.94. The lowest BCUT2D eigenvalue weighted by atomic mass is 10.2. The van der Waals surface area contributed by atoms with Crippen LogP contribution in [0, 0.1) is 0 Å². The first-order valence-corrected chi connectivity index (χ1v) is 9.15. The normalized spacial score (nSPS) is 15.4. The molecule has 0 spiro atoms. The first-order chi connectivity index (χ1) is 13.5. The molecule has 9 nitrogen and oxygen atoms in total. The molecular weight excluding hydrogens is 360 g/mol. The summed E-state index contributed by atoms with van der Waals surface area (Å²) < 4.78 is 6.87. The van der Waals surface area contributed by atoms with Gasteiger partial charge in [0.25, 0.3) is 0 Å². The first-order valence-electron chi connectivity index (χ1n) is 9.15. The molecule has 0 unspecified atom stereocenters. The molecule has 0 aliphatic carbocycles. The monoisotopic (exact) mass is 382 g/mol. The van der Waals surface area contributed by atoms with E-state index in [0.717, 1.165) is 17.0 Å². The van der Waals surface area contributed by atoms with Gasteiger partial charge in [-0.1, -0.05) is 0 Å². The van der Waals surface area contributed by atoms with Gasteiger partial charge in [-0.3, -0.25) is 19.6 Å². The molecule has 0 atom stereocenters. The van der Waals surface area contributed by atoms with E-state index in [4.69, 9.17) is 4.74 Å². The molecule has 9 heteroatoms. The lowest BCUT2D eigenvalue weighted by molar-refractivity contribution is -0.120. The van der Waals surface area contributed by atoms with Crippen LogP contribution in [0.5, 0.6) is 5.75 Å². The number of nitrogens with one attached hydrogen (secondary N) is 1. The van der Waals surface area contributed by atoms with Crippen molar-refractivity contribution in [3.05, 3.63) is 36.0 Å². The molecule has 0 radical (unpaired) electrons. The number of urea groups is 1. The Morgan fingerprint density at radius 1 is 1.29 bits per heavy atom. The van der Waals surface area contributed by atoms with Gasteiger partial charge in [0.05, 0.1) is 31.1 Å². The highest BCUT2D eigenvalue weighted by molar-refractivity contribution is 6.20. The Morgan fingerprint density at radius 3 is 2.71 bits per heavy atom. The smallest absolute Gasteiger partial charge is 0.331 e. The standard InChI is InChI=1S/C19H22N6O3/c1-12(2)22-16(26)11-24-18-15(17-20-8-9-23(17)19(24)27)10-21-25(18)13-4-6-14(28-3)7-5-13/h4-7,10,12H,8-9,11H2,1-3H3,(H,22,26). The average Bonchev–Trinajstić information content (AvgIpc) is 3.31. The quantitative estimate of drug-likeness (QED) is 0.846. The van der Waals surface area contributed by atoms with E-state index in [9.17, 15) is 9.59 Å². The van der Waals surface area contributed by atoms with E-state index in [2.05, 4.69) is 15.4 Å². The van der Waals surface area contributed by atoms with Crippen molar-refractivity contribution in [3.63, 3.8) is 0 Å². The van der Waals surface area contributed by atoms with E-state index in [1.807, 2.05) is 38.1 Å². The third-order valence-corrected chi connectivity index (χ3v) is 4.61. The van der Waals surface area contributed by atoms with E-state index < -0.39 is 0 Å². The summed E-state index contributed by atoms with van der Waals surface area (Å²) in [5.41, 5.74) is 1.50. The van der Waals surface area contributed by atoms with Gasteiger partial charge in [-0.2, -0.15) is 5.10 Å². The molecule has 3 amide bonds. The zero-order chi connectivity index (χ0) is 19.8. The summed E-state index contributed by atoms with van der Waals surface area (Å²) in [6.45, 7) is 4.72. The van der Waals surface area contributed by atoms with E-state index in [1.165, 1.54) is 4.90 Å². The van der Waals surface area contributed by atoms with Crippen molar-refractivity contribution in [1.82, 2.24) is 20.0 Å². The van der Waals surface area contributed by atoms with Crippen LogP contribution in [0.15, 0.2) is 35.5 Å². The number of ether oxygens (including phenoxy) is 1. The molecule has 0 bridgehead atoms. The molecule has 2 aromatic rings. The lowest BCUT2D eigenvalue weighted by Crippen LogP contribution is -2.53. The molecule has 0 saturated carbocycles. The summed E-state index contributed by atoms with van der Waals surface area (Å²) in [6.07, 6.45) is 1.69. The summed E-state index contributed by atoms with van der Waals surface area (Å²) in [7, 11) is 1.60. The van der Waals surface area contributed by atoms with Crippen LogP contribution in [-0.4, -0.2) is 65.2 Å². The fourth-order valence-corrected chi connectivity index (χ4v) is 3.43. The van der Waals surface area contributed by atoms with Gasteiger partial charge < -0.3 is 10.1 Å². The van der Waals surface area contributed by atoms with Gasteiger partial charge in [-0.05, 0) is 38.1 Å². The van der Waals surface area contributed by atoms with Gasteiger partial charge in [-0.25, -0.2) is 9.48 Å². The van der Waals surface area contributed by atoms with Crippen LogP contribution in [0.2, 0.25) is 0 Å². The fraction of sp³-hybridized carbons (Fsp3) is 0.368. The summed E-state index contributed by atoms with van der Waals surface area (Å²) in [5, 5.41) is 7.32. The minimum atomic E-state index is -0.266. The number of benzene rings is 1. The predicted molar refractivity (Wildman–Crippen MR) is 104 cm³/mol. The van der Waals surface area contributed by atoms with Crippen molar-refractivity contribution in [2.24, 2.45) is 4.99 Å². The average molecular weight is 382 g/mol. The van der Waals surface area contributed by atoms with Crippen LogP contribution >= 0.6 is 0 Å². The van der Waals surface area contributed by atoms with Gasteiger partial charge >= 0.3 is 6.03 Å². The molecule has 1 N–H and O–H groups in total. The maximum Gasteiger partial charge on any atom is 0.331 e. The number of fused-ring (bicyclic) bond motifs is 3. The number of amidine groups is 1. The van der Waals surface area contributed by atoms with Gasteiger partial charge in [0.15, 0.2) is 5.82 Å². The SMILES string of the molecule is COc1ccc(-n2ncc3c2N(CC(=O)NC(C)C)C(=O)N2CCN=C32)cc1. The second-order valence-corrected chi connectivity index (χ2v) is 6.94. The highest BCUT2D eigenvalue weighted by Crippen LogP contribution is 2.33. The molecule has 0 fully saturated rings. The summed E-state index contributed by atoms with van der Waals surface area (Å²) in [4.78, 5) is 33.1. The summed E-state index contributed by atoms with van der Waals surface area (Å²) in [6, 6.07) is 7.07. The Labute approximate surface area is 162 Å². The Morgan fingerprint density at radius 2 is 2.04 bits per heavy atom. The minimum Gasteiger partial charge on any atom is -0.497 e. The van der Waals surface area contributed by atoms with Gasteiger partial charge in [0.1, 0.15) is 18.1 Å². The van der Waals surface area contributed by atoms with E-state index >= 15 is 0 Å². The Bertz CT molecular complexity index is 947. The molecule has 0 saturated heterocycles. The van der Waals surface area contributed by atoms with Crippen molar-refractivity contribution < 1.29 is 14.3 Å². The largest absolute Gasteiger partial charge is 0.497 e. The van der Waals surface area contributed by atoms with Crippen LogP contribution < -0.4 is 15.0 Å². The predicted octanol–water partition coefficient (Wildman–Crippen LogP) is 1.41. The van der Waals surface area contributed by atoms with E-state index in [1.54, 1.807) is 22.9 Å². The number of hydrogen-bond acceptors (Lipinski definition) is 5.